The Morgan fingerprint density at radius 1 is 0.935 bits per heavy atom. The summed E-state index contributed by atoms with van der Waals surface area (Å²) in [5.74, 6) is -0.855. The molecule has 10 atom stereocenters. The van der Waals surface area contributed by atoms with Crippen molar-refractivity contribution in [2.45, 2.75) is 75.2 Å². The smallest absolute Gasteiger partial charge is 0.187 e. The van der Waals surface area contributed by atoms with Gasteiger partial charge >= 0.3 is 0 Å². The molecule has 178 valence electrons. The van der Waals surface area contributed by atoms with Gasteiger partial charge in [-0.3, -0.25) is 9.79 Å². The third-order valence-electron chi connectivity index (χ3n) is 5.12. The van der Waals surface area contributed by atoms with Crippen LogP contribution in [0.4, 0.5) is 0 Å². The van der Waals surface area contributed by atoms with Crippen LogP contribution in [-0.2, 0) is 19.0 Å². The summed E-state index contributed by atoms with van der Waals surface area (Å²) in [6.07, 6.45) is -13.2. The average molecular weight is 451 g/mol. The van der Waals surface area contributed by atoms with Crippen molar-refractivity contribution in [3.8, 4) is 0 Å². The van der Waals surface area contributed by atoms with Gasteiger partial charge in [-0.15, -0.1) is 0 Å². The van der Waals surface area contributed by atoms with Crippen LogP contribution in [0.3, 0.4) is 0 Å². The number of allylic oxidation sites excluding steroid dienone is 2. The topological polar surface area (TPSA) is 219 Å². The van der Waals surface area contributed by atoms with Crippen molar-refractivity contribution >= 4 is 12.0 Å². The number of ketones is 1. The number of carbonyl (C=O) groups is 1. The van der Waals surface area contributed by atoms with E-state index in [0.29, 0.717) is 0 Å². The van der Waals surface area contributed by atoms with E-state index < -0.39 is 80.3 Å². The van der Waals surface area contributed by atoms with Gasteiger partial charge in [-0.2, -0.15) is 0 Å². The molecule has 2 aliphatic heterocycles. The molecule has 0 amide bonds. The van der Waals surface area contributed by atoms with Crippen molar-refractivity contribution in [2.24, 2.45) is 4.99 Å². The second-order valence-corrected chi connectivity index (χ2v) is 7.36. The summed E-state index contributed by atoms with van der Waals surface area (Å²) in [5.41, 5.74) is -0.171. The molecule has 0 spiro atoms. The molecule has 13 nitrogen and oxygen atoms in total. The van der Waals surface area contributed by atoms with E-state index >= 15 is 0 Å². The summed E-state index contributed by atoms with van der Waals surface area (Å²) >= 11 is 0. The first-order chi connectivity index (χ1) is 14.5. The number of nitrogens with zero attached hydrogens (tertiary/aromatic N) is 1. The molecular formula is C18H29NO12. The minimum absolute atomic E-state index is 0.171. The Labute approximate surface area is 177 Å². The van der Waals surface area contributed by atoms with Crippen LogP contribution in [-0.4, -0.2) is 127 Å². The Hall–Kier alpha value is -1.52. The largest absolute Gasteiger partial charge is 0.512 e. The van der Waals surface area contributed by atoms with E-state index in [4.69, 9.17) is 14.2 Å². The van der Waals surface area contributed by atoms with Gasteiger partial charge in [0.2, 0.25) is 0 Å². The molecule has 2 saturated heterocycles. The number of hydrogen-bond acceptors (Lipinski definition) is 13. The van der Waals surface area contributed by atoms with Crippen molar-refractivity contribution in [3.63, 3.8) is 0 Å². The fraction of sp³-hybridized carbons (Fsp3) is 0.778. The summed E-state index contributed by atoms with van der Waals surface area (Å²) in [5, 5.41) is 79.1. The number of Topliss-reactive ketones (excluding diaryl/α,β-unsaturated/α-hetero) is 1. The molecule has 0 aromatic carbocycles. The first kappa shape index (κ1) is 25.7. The lowest BCUT2D eigenvalue weighted by Crippen LogP contribution is -2.64. The molecule has 0 bridgehead atoms. The molecular weight excluding hydrogens is 422 g/mol. The fourth-order valence-corrected chi connectivity index (χ4v) is 3.33. The van der Waals surface area contributed by atoms with Crippen LogP contribution in [0.2, 0.25) is 0 Å². The lowest BCUT2D eigenvalue weighted by Gasteiger charge is -2.45. The third kappa shape index (κ3) is 5.64. The molecule has 31 heavy (non-hydrogen) atoms. The molecule has 0 aromatic heterocycles. The monoisotopic (exact) mass is 451 g/mol. The second-order valence-electron chi connectivity index (χ2n) is 7.36. The number of aliphatic hydroxyl groups excluding tert-OH is 8. The second kappa shape index (κ2) is 10.9. The van der Waals surface area contributed by atoms with Gasteiger partial charge in [0.1, 0.15) is 54.5 Å². The van der Waals surface area contributed by atoms with E-state index in [1.54, 1.807) is 0 Å². The van der Waals surface area contributed by atoms with Crippen LogP contribution >= 0.6 is 0 Å². The van der Waals surface area contributed by atoms with Crippen LogP contribution in [0.15, 0.2) is 16.3 Å². The van der Waals surface area contributed by atoms with Crippen LogP contribution in [0.25, 0.3) is 0 Å². The van der Waals surface area contributed by atoms with Gasteiger partial charge in [-0.05, 0) is 13.8 Å². The highest BCUT2D eigenvalue weighted by atomic mass is 16.7. The molecule has 0 aliphatic carbocycles. The minimum Gasteiger partial charge on any atom is -0.512 e. The van der Waals surface area contributed by atoms with E-state index in [1.807, 2.05) is 0 Å². The predicted molar refractivity (Wildman–Crippen MR) is 101 cm³/mol. The lowest BCUT2D eigenvalue weighted by atomic mass is 9.96. The highest BCUT2D eigenvalue weighted by Crippen LogP contribution is 2.29. The van der Waals surface area contributed by atoms with Gasteiger partial charge in [-0.25, -0.2) is 0 Å². The fourth-order valence-electron chi connectivity index (χ4n) is 3.33. The van der Waals surface area contributed by atoms with Crippen LogP contribution in [0.5, 0.6) is 0 Å². The maximum Gasteiger partial charge on any atom is 0.187 e. The molecule has 2 heterocycles. The first-order valence-electron chi connectivity index (χ1n) is 9.55. The summed E-state index contributed by atoms with van der Waals surface area (Å²) < 4.78 is 15.9. The van der Waals surface area contributed by atoms with Crippen molar-refractivity contribution in [2.75, 3.05) is 13.2 Å². The Morgan fingerprint density at radius 2 is 1.55 bits per heavy atom. The number of carbonyl (C=O) groups excluding carboxylic acids is 1. The zero-order valence-electron chi connectivity index (χ0n) is 16.9. The van der Waals surface area contributed by atoms with Gasteiger partial charge in [0.25, 0.3) is 0 Å². The standard InChI is InChI=1S/C18H29NO12/c1-6(22)8(7(2)23)3-19-11-13(25)16(10(5-21)29-17(11)28)31-18-15(27)14(26)12(24)9(4-20)30-18/h3,9-18,20-22,24-28H,4-5H2,1-2H3/t9?,10?,11?,12-,13+,14-,15?,16+,17-,18-/m0/s1. The highest BCUT2D eigenvalue weighted by molar-refractivity contribution is 6.12. The number of hydrogen-bond donors (Lipinski definition) is 8. The average Bonchev–Trinajstić information content (AvgIpc) is 2.71. The predicted octanol–water partition coefficient (Wildman–Crippen LogP) is -3.90. The summed E-state index contributed by atoms with van der Waals surface area (Å²) in [6.45, 7) is 1.00. The van der Waals surface area contributed by atoms with E-state index in [1.165, 1.54) is 13.8 Å². The Morgan fingerprint density at radius 3 is 2.06 bits per heavy atom. The maximum absolute atomic E-state index is 11.6. The van der Waals surface area contributed by atoms with Gasteiger partial charge in [-0.1, -0.05) is 0 Å². The summed E-state index contributed by atoms with van der Waals surface area (Å²) in [4.78, 5) is 15.5. The van der Waals surface area contributed by atoms with Gasteiger partial charge in [0, 0.05) is 6.21 Å². The van der Waals surface area contributed by atoms with E-state index in [-0.39, 0.29) is 11.3 Å². The van der Waals surface area contributed by atoms with Crippen molar-refractivity contribution < 1.29 is 59.9 Å². The SMILES string of the molecule is CC(=O)C(C=NC1[C@@H](O)[C@H](O[C@@H]2OC(CO)[C@H](O)[C@H](O)C2O)C(CO)O[C@@H]1O)=C(C)O. The molecule has 2 rings (SSSR count). The van der Waals surface area contributed by atoms with E-state index in [2.05, 4.69) is 4.99 Å². The van der Waals surface area contributed by atoms with Crippen molar-refractivity contribution in [3.05, 3.63) is 11.3 Å². The van der Waals surface area contributed by atoms with Crippen LogP contribution in [0, 0.1) is 0 Å². The molecule has 13 heteroatoms. The van der Waals surface area contributed by atoms with E-state index in [0.717, 1.165) is 6.21 Å². The number of aliphatic hydroxyl groups is 8. The molecule has 4 unspecified atom stereocenters. The summed E-state index contributed by atoms with van der Waals surface area (Å²) in [6, 6.07) is -1.42. The Bertz CT molecular complexity index is 678. The van der Waals surface area contributed by atoms with E-state index in [9.17, 15) is 45.6 Å². The Kier molecular flexibility index (Phi) is 9.03. The quantitative estimate of drug-likeness (QED) is 0.106. The lowest BCUT2D eigenvalue weighted by molar-refractivity contribution is -0.344. The Balaban J connectivity index is 2.25. The molecule has 2 aliphatic rings. The number of ether oxygens (including phenoxy) is 3. The summed E-state index contributed by atoms with van der Waals surface area (Å²) in [7, 11) is 0. The third-order valence-corrected chi connectivity index (χ3v) is 5.12. The molecule has 8 N–H and O–H groups in total. The minimum atomic E-state index is -1.78. The van der Waals surface area contributed by atoms with Crippen LogP contribution in [0.1, 0.15) is 13.8 Å². The number of aliphatic imine (C=N–C) groups is 1. The molecule has 0 radical (unpaired) electrons. The normalized spacial score (nSPS) is 42.5. The van der Waals surface area contributed by atoms with Gasteiger partial charge < -0.3 is 55.1 Å². The first-order valence-corrected chi connectivity index (χ1v) is 9.55. The van der Waals surface area contributed by atoms with Gasteiger partial charge in [0.05, 0.1) is 18.8 Å². The number of rotatable bonds is 7. The highest BCUT2D eigenvalue weighted by Gasteiger charge is 2.50. The molecule has 2 fully saturated rings. The molecule has 0 saturated carbocycles. The van der Waals surface area contributed by atoms with Crippen molar-refractivity contribution in [1.82, 2.24) is 0 Å². The maximum atomic E-state index is 11.6. The van der Waals surface area contributed by atoms with Crippen molar-refractivity contribution in [1.29, 1.82) is 0 Å². The zero-order valence-corrected chi connectivity index (χ0v) is 16.9. The van der Waals surface area contributed by atoms with Crippen LogP contribution < -0.4 is 0 Å². The molecule has 0 aromatic rings. The zero-order chi connectivity index (χ0) is 23.5. The van der Waals surface area contributed by atoms with Gasteiger partial charge in [0.15, 0.2) is 18.4 Å².